The van der Waals surface area contributed by atoms with E-state index in [2.05, 4.69) is 24.1 Å². The van der Waals surface area contributed by atoms with Gasteiger partial charge in [-0.05, 0) is 44.6 Å². The van der Waals surface area contributed by atoms with Gasteiger partial charge in [0.25, 0.3) is 0 Å². The van der Waals surface area contributed by atoms with Gasteiger partial charge in [0.15, 0.2) is 0 Å². The Labute approximate surface area is 181 Å². The van der Waals surface area contributed by atoms with Gasteiger partial charge in [-0.1, -0.05) is 32.4 Å². The molecule has 0 saturated heterocycles. The molecule has 1 aliphatic heterocycles. The molecule has 1 aromatic carbocycles. The van der Waals surface area contributed by atoms with Gasteiger partial charge in [0.1, 0.15) is 12.6 Å². The van der Waals surface area contributed by atoms with E-state index in [0.29, 0.717) is 17.9 Å². The highest BCUT2D eigenvalue weighted by Gasteiger charge is 2.34. The molecule has 0 bridgehead atoms. The molecule has 3 N–H and O–H groups in total. The van der Waals surface area contributed by atoms with E-state index in [1.807, 2.05) is 12.1 Å². The van der Waals surface area contributed by atoms with E-state index in [4.69, 9.17) is 0 Å². The number of hydrogen-bond acceptors (Lipinski definition) is 6. The first-order valence-corrected chi connectivity index (χ1v) is 11.3. The van der Waals surface area contributed by atoms with Crippen molar-refractivity contribution in [2.75, 3.05) is 36.8 Å². The van der Waals surface area contributed by atoms with Crippen LogP contribution in [0.1, 0.15) is 33.1 Å². The Bertz CT molecular complexity index is 741. The maximum absolute atomic E-state index is 13.1. The quantitative estimate of drug-likeness (QED) is 0.427. The van der Waals surface area contributed by atoms with Crippen LogP contribution in [0.4, 0.5) is 5.69 Å². The van der Waals surface area contributed by atoms with Gasteiger partial charge < -0.3 is 15.1 Å². The summed E-state index contributed by atoms with van der Waals surface area (Å²) < 4.78 is 0. The second-order valence-corrected chi connectivity index (χ2v) is 8.29. The van der Waals surface area contributed by atoms with Crippen LogP contribution < -0.4 is 10.2 Å². The first-order chi connectivity index (χ1) is 14.4. The average Bonchev–Trinajstić information content (AvgIpc) is 2.84. The first kappa shape index (κ1) is 24.2. The molecule has 0 fully saturated rings. The summed E-state index contributed by atoms with van der Waals surface area (Å²) in [6, 6.07) is 5.51. The molecule has 166 valence electrons. The third-order valence-corrected chi connectivity index (χ3v) is 6.39. The summed E-state index contributed by atoms with van der Waals surface area (Å²) in [4.78, 5) is 40.5. The smallest absolute Gasteiger partial charge is 0.323 e. The molecule has 1 heterocycles. The van der Waals surface area contributed by atoms with Crippen molar-refractivity contribution in [2.45, 2.75) is 50.1 Å². The Kier molecular flexibility index (Phi) is 9.61. The molecule has 2 rings (SSSR count). The summed E-state index contributed by atoms with van der Waals surface area (Å²) in [6.07, 6.45) is 2.03. The van der Waals surface area contributed by atoms with E-state index in [0.717, 1.165) is 37.4 Å². The van der Waals surface area contributed by atoms with E-state index < -0.39 is 36.5 Å². The highest BCUT2D eigenvalue weighted by molar-refractivity contribution is 7.99. The summed E-state index contributed by atoms with van der Waals surface area (Å²) in [5.41, 5.74) is 0.547. The zero-order valence-corrected chi connectivity index (χ0v) is 18.4. The SMILES string of the molecule is CCN(CC)CCCC[C@@H](NC1CSc2ccccc2N(CC(=O)O)C1=O)C(=O)O. The van der Waals surface area contributed by atoms with Gasteiger partial charge in [-0.25, -0.2) is 0 Å². The van der Waals surface area contributed by atoms with E-state index in [-0.39, 0.29) is 0 Å². The number of carboxylic acids is 2. The van der Waals surface area contributed by atoms with Gasteiger partial charge in [-0.15, -0.1) is 11.8 Å². The number of thioether (sulfide) groups is 1. The lowest BCUT2D eigenvalue weighted by Gasteiger charge is -2.26. The summed E-state index contributed by atoms with van der Waals surface area (Å²) in [5, 5.41) is 21.9. The Morgan fingerprint density at radius 3 is 2.57 bits per heavy atom. The van der Waals surface area contributed by atoms with Crippen molar-refractivity contribution >= 4 is 35.3 Å². The zero-order valence-electron chi connectivity index (χ0n) is 17.5. The molecule has 0 aliphatic carbocycles. The minimum Gasteiger partial charge on any atom is -0.480 e. The van der Waals surface area contributed by atoms with Crippen LogP contribution in [0.2, 0.25) is 0 Å². The van der Waals surface area contributed by atoms with E-state index in [1.54, 1.807) is 12.1 Å². The number of carboxylic acid groups (broad SMARTS) is 2. The molecule has 9 heteroatoms. The number of carbonyl (C=O) groups is 3. The fourth-order valence-corrected chi connectivity index (χ4v) is 4.60. The molecule has 1 aliphatic rings. The van der Waals surface area contributed by atoms with Crippen molar-refractivity contribution in [3.8, 4) is 0 Å². The van der Waals surface area contributed by atoms with Crippen molar-refractivity contribution in [1.29, 1.82) is 0 Å². The molecular formula is C21H31N3O5S. The van der Waals surface area contributed by atoms with Crippen LogP contribution in [0.15, 0.2) is 29.2 Å². The number of hydrogen-bond donors (Lipinski definition) is 3. The van der Waals surface area contributed by atoms with Crippen molar-refractivity contribution in [3.63, 3.8) is 0 Å². The molecule has 0 saturated carbocycles. The lowest BCUT2D eigenvalue weighted by Crippen LogP contribution is -2.53. The predicted molar refractivity (Wildman–Crippen MR) is 117 cm³/mol. The predicted octanol–water partition coefficient (Wildman–Crippen LogP) is 2.13. The van der Waals surface area contributed by atoms with Gasteiger partial charge in [-0.2, -0.15) is 0 Å². The van der Waals surface area contributed by atoms with E-state index in [9.17, 15) is 24.6 Å². The highest BCUT2D eigenvalue weighted by atomic mass is 32.2. The molecule has 0 spiro atoms. The second kappa shape index (κ2) is 11.9. The van der Waals surface area contributed by atoms with Gasteiger partial charge >= 0.3 is 11.9 Å². The molecule has 1 amide bonds. The number of para-hydroxylation sites is 1. The number of benzene rings is 1. The maximum Gasteiger partial charge on any atom is 0.323 e. The topological polar surface area (TPSA) is 110 Å². The van der Waals surface area contributed by atoms with Crippen molar-refractivity contribution in [1.82, 2.24) is 10.2 Å². The minimum atomic E-state index is -1.12. The fraction of sp³-hybridized carbons (Fsp3) is 0.571. The summed E-state index contributed by atoms with van der Waals surface area (Å²) in [5.74, 6) is -2.18. The normalized spacial score (nSPS) is 17.5. The third kappa shape index (κ3) is 6.72. The van der Waals surface area contributed by atoms with Crippen LogP contribution in [-0.2, 0) is 14.4 Å². The average molecular weight is 438 g/mol. The molecule has 0 aromatic heterocycles. The molecule has 1 unspecified atom stereocenters. The van der Waals surface area contributed by atoms with Gasteiger partial charge in [0.2, 0.25) is 5.91 Å². The van der Waals surface area contributed by atoms with Gasteiger partial charge in [0.05, 0.1) is 11.7 Å². The zero-order chi connectivity index (χ0) is 22.1. The van der Waals surface area contributed by atoms with Crippen LogP contribution in [0.25, 0.3) is 0 Å². The third-order valence-electron chi connectivity index (χ3n) is 5.23. The van der Waals surface area contributed by atoms with Crippen LogP contribution in [0.3, 0.4) is 0 Å². The number of nitrogens with one attached hydrogen (secondary N) is 1. The lowest BCUT2D eigenvalue weighted by atomic mass is 10.1. The van der Waals surface area contributed by atoms with Crippen molar-refractivity contribution in [3.05, 3.63) is 24.3 Å². The Morgan fingerprint density at radius 2 is 1.93 bits per heavy atom. The standard InChI is InChI=1S/C21H31N3O5S/c1-3-23(4-2)12-8-7-9-15(21(28)29)22-16-14-30-18-11-6-5-10-17(18)24(20(16)27)13-19(25)26/h5-6,10-11,15-16,22H,3-4,7-9,12-14H2,1-2H3,(H,25,26)(H,28,29)/t15-,16?/m1/s1. The van der Waals surface area contributed by atoms with Crippen LogP contribution in [0, 0.1) is 0 Å². The van der Waals surface area contributed by atoms with Crippen LogP contribution in [0.5, 0.6) is 0 Å². The Morgan fingerprint density at radius 1 is 1.23 bits per heavy atom. The van der Waals surface area contributed by atoms with E-state index in [1.165, 1.54) is 16.7 Å². The number of unbranched alkanes of at least 4 members (excludes halogenated alkanes) is 1. The summed E-state index contributed by atoms with van der Waals surface area (Å²) in [7, 11) is 0. The van der Waals surface area contributed by atoms with Crippen molar-refractivity contribution < 1.29 is 24.6 Å². The maximum atomic E-state index is 13.1. The molecule has 1 aromatic rings. The Balaban J connectivity index is 2.06. The highest BCUT2D eigenvalue weighted by Crippen LogP contribution is 2.34. The number of rotatable bonds is 12. The van der Waals surface area contributed by atoms with Crippen molar-refractivity contribution in [2.24, 2.45) is 0 Å². The number of carbonyl (C=O) groups excluding carboxylic acids is 1. The summed E-state index contributed by atoms with van der Waals surface area (Å²) in [6.45, 7) is 6.58. The fourth-order valence-electron chi connectivity index (χ4n) is 3.52. The number of fused-ring (bicyclic) bond motifs is 1. The molecule has 8 nitrogen and oxygen atoms in total. The number of anilines is 1. The largest absolute Gasteiger partial charge is 0.480 e. The monoisotopic (exact) mass is 437 g/mol. The minimum absolute atomic E-state index is 0.342. The number of aliphatic carboxylic acids is 2. The van der Waals surface area contributed by atoms with E-state index >= 15 is 0 Å². The van der Waals surface area contributed by atoms with Gasteiger partial charge in [0, 0.05) is 10.6 Å². The molecular weight excluding hydrogens is 406 g/mol. The first-order valence-electron chi connectivity index (χ1n) is 10.3. The Hall–Kier alpha value is -2.10. The molecule has 0 radical (unpaired) electrons. The van der Waals surface area contributed by atoms with Gasteiger partial charge in [-0.3, -0.25) is 24.6 Å². The second-order valence-electron chi connectivity index (χ2n) is 7.23. The summed E-state index contributed by atoms with van der Waals surface area (Å²) >= 11 is 1.43. The van der Waals surface area contributed by atoms with Crippen LogP contribution in [-0.4, -0.2) is 77.0 Å². The van der Waals surface area contributed by atoms with Crippen LogP contribution >= 0.6 is 11.8 Å². The molecule has 30 heavy (non-hydrogen) atoms. The number of nitrogens with zero attached hydrogens (tertiary/aromatic N) is 2. The number of amides is 1. The molecule has 2 atom stereocenters. The lowest BCUT2D eigenvalue weighted by molar-refractivity contribution is -0.140.